The van der Waals surface area contributed by atoms with Crippen molar-refractivity contribution >= 4 is 5.91 Å². The molecule has 2 N–H and O–H groups in total. The van der Waals surface area contributed by atoms with Crippen LogP contribution in [0.25, 0.3) is 0 Å². The van der Waals surface area contributed by atoms with Crippen LogP contribution in [0.5, 0.6) is 17.5 Å². The SMILES string of the molecule is Cc1c(Oc2ccc(C(N)=O)cc2F)ncnc1ON1CCCCC1. The van der Waals surface area contributed by atoms with Gasteiger partial charge in [0.1, 0.15) is 6.33 Å². The molecular weight excluding hydrogens is 327 g/mol. The van der Waals surface area contributed by atoms with Gasteiger partial charge in [-0.25, -0.2) is 9.37 Å². The Labute approximate surface area is 144 Å². The highest BCUT2D eigenvalue weighted by molar-refractivity contribution is 5.92. The van der Waals surface area contributed by atoms with E-state index in [9.17, 15) is 9.18 Å². The van der Waals surface area contributed by atoms with E-state index < -0.39 is 11.7 Å². The molecule has 1 amide bonds. The summed E-state index contributed by atoms with van der Waals surface area (Å²) in [7, 11) is 0. The maximum absolute atomic E-state index is 14.1. The van der Waals surface area contributed by atoms with Crippen LogP contribution in [0, 0.1) is 12.7 Å². The highest BCUT2D eigenvalue weighted by atomic mass is 19.1. The number of hydroxylamine groups is 2. The Hall–Kier alpha value is -2.74. The number of carbonyl (C=O) groups excluding carboxylic acids is 1. The van der Waals surface area contributed by atoms with E-state index in [1.807, 2.05) is 5.06 Å². The molecule has 1 aliphatic heterocycles. The first kappa shape index (κ1) is 17.1. The molecule has 0 atom stereocenters. The van der Waals surface area contributed by atoms with Crippen LogP contribution in [0.3, 0.4) is 0 Å². The summed E-state index contributed by atoms with van der Waals surface area (Å²) in [4.78, 5) is 25.0. The van der Waals surface area contributed by atoms with Gasteiger partial charge in [0.05, 0.1) is 5.56 Å². The first-order valence-corrected chi connectivity index (χ1v) is 8.06. The number of amides is 1. The van der Waals surface area contributed by atoms with Gasteiger partial charge in [0.25, 0.3) is 0 Å². The van der Waals surface area contributed by atoms with Gasteiger partial charge in [-0.2, -0.15) is 4.98 Å². The summed E-state index contributed by atoms with van der Waals surface area (Å²) in [5.41, 5.74) is 5.76. The molecule has 7 nitrogen and oxygen atoms in total. The van der Waals surface area contributed by atoms with E-state index in [1.165, 1.54) is 24.9 Å². The fourth-order valence-electron chi connectivity index (χ4n) is 2.53. The molecule has 1 saturated heterocycles. The zero-order chi connectivity index (χ0) is 17.8. The van der Waals surface area contributed by atoms with Crippen molar-refractivity contribution in [3.63, 3.8) is 0 Å². The number of ether oxygens (including phenoxy) is 1. The summed E-state index contributed by atoms with van der Waals surface area (Å²) in [5, 5.41) is 1.85. The van der Waals surface area contributed by atoms with Crippen molar-refractivity contribution in [2.45, 2.75) is 26.2 Å². The summed E-state index contributed by atoms with van der Waals surface area (Å²) >= 11 is 0. The number of nitrogens with zero attached hydrogens (tertiary/aromatic N) is 3. The second-order valence-corrected chi connectivity index (χ2v) is 5.80. The van der Waals surface area contributed by atoms with Gasteiger partial charge in [0.15, 0.2) is 11.6 Å². The van der Waals surface area contributed by atoms with E-state index >= 15 is 0 Å². The number of primary amides is 1. The van der Waals surface area contributed by atoms with Crippen LogP contribution in [-0.2, 0) is 0 Å². The third-order valence-corrected chi connectivity index (χ3v) is 3.95. The molecule has 0 radical (unpaired) electrons. The Kier molecular flexibility index (Phi) is 5.08. The minimum Gasteiger partial charge on any atom is -0.435 e. The number of hydrogen-bond acceptors (Lipinski definition) is 6. The van der Waals surface area contributed by atoms with E-state index in [2.05, 4.69) is 9.97 Å². The van der Waals surface area contributed by atoms with Crippen LogP contribution < -0.4 is 15.3 Å². The number of aromatic nitrogens is 2. The predicted octanol–water partition coefficient (Wildman–Crippen LogP) is 2.60. The molecule has 8 heteroatoms. The van der Waals surface area contributed by atoms with E-state index in [4.69, 9.17) is 15.3 Å². The summed E-state index contributed by atoms with van der Waals surface area (Å²) in [6.45, 7) is 3.41. The van der Waals surface area contributed by atoms with Crippen molar-refractivity contribution in [1.29, 1.82) is 0 Å². The smallest absolute Gasteiger partial charge is 0.248 e. The van der Waals surface area contributed by atoms with Crippen molar-refractivity contribution in [2.75, 3.05) is 13.1 Å². The highest BCUT2D eigenvalue weighted by Gasteiger charge is 2.18. The maximum atomic E-state index is 14.1. The van der Waals surface area contributed by atoms with Gasteiger partial charge < -0.3 is 15.3 Å². The van der Waals surface area contributed by atoms with E-state index in [1.54, 1.807) is 6.92 Å². The van der Waals surface area contributed by atoms with Crippen LogP contribution in [-0.4, -0.2) is 34.0 Å². The van der Waals surface area contributed by atoms with Crippen LogP contribution >= 0.6 is 0 Å². The molecule has 0 aliphatic carbocycles. The number of rotatable bonds is 5. The highest BCUT2D eigenvalue weighted by Crippen LogP contribution is 2.30. The van der Waals surface area contributed by atoms with Gasteiger partial charge in [-0.15, -0.1) is 5.06 Å². The molecule has 132 valence electrons. The largest absolute Gasteiger partial charge is 0.435 e. The lowest BCUT2D eigenvalue weighted by Crippen LogP contribution is -2.33. The van der Waals surface area contributed by atoms with Crippen molar-refractivity contribution in [3.05, 3.63) is 41.5 Å². The van der Waals surface area contributed by atoms with Gasteiger partial charge in [0.2, 0.25) is 17.7 Å². The lowest BCUT2D eigenvalue weighted by Gasteiger charge is -2.26. The van der Waals surface area contributed by atoms with Gasteiger partial charge >= 0.3 is 0 Å². The lowest BCUT2D eigenvalue weighted by molar-refractivity contribution is -0.0766. The normalized spacial score (nSPS) is 15.0. The summed E-state index contributed by atoms with van der Waals surface area (Å²) in [5.74, 6) is -0.904. The fourth-order valence-corrected chi connectivity index (χ4v) is 2.53. The second-order valence-electron chi connectivity index (χ2n) is 5.80. The average molecular weight is 346 g/mol. The standard InChI is InChI=1S/C17H19FN4O3/c1-11-16(24-14-6-5-12(15(19)23)9-13(14)18)20-10-21-17(11)25-22-7-3-2-4-8-22/h5-6,9-10H,2-4,7-8H2,1H3,(H2,19,23). The van der Waals surface area contributed by atoms with Crippen LogP contribution in [0.2, 0.25) is 0 Å². The Morgan fingerprint density at radius 1 is 1.20 bits per heavy atom. The Bertz CT molecular complexity index is 778. The van der Waals surface area contributed by atoms with Crippen LogP contribution in [0.15, 0.2) is 24.5 Å². The third kappa shape index (κ3) is 4.03. The minimum atomic E-state index is -0.708. The van der Waals surface area contributed by atoms with Crippen molar-refractivity contribution in [2.24, 2.45) is 5.73 Å². The summed E-state index contributed by atoms with van der Waals surface area (Å²) < 4.78 is 19.6. The quantitative estimate of drug-likeness (QED) is 0.895. The number of hydrogen-bond donors (Lipinski definition) is 1. The maximum Gasteiger partial charge on any atom is 0.248 e. The van der Waals surface area contributed by atoms with Gasteiger partial charge in [-0.05, 0) is 38.0 Å². The second kappa shape index (κ2) is 7.43. The summed E-state index contributed by atoms with van der Waals surface area (Å²) in [6, 6.07) is 3.75. The van der Waals surface area contributed by atoms with Crippen molar-refractivity contribution < 1.29 is 18.8 Å². The summed E-state index contributed by atoms with van der Waals surface area (Å²) in [6.07, 6.45) is 4.64. The van der Waals surface area contributed by atoms with Gasteiger partial charge in [-0.3, -0.25) is 4.79 Å². The van der Waals surface area contributed by atoms with E-state index in [-0.39, 0.29) is 17.2 Å². The van der Waals surface area contributed by atoms with Crippen molar-refractivity contribution in [1.82, 2.24) is 15.0 Å². The van der Waals surface area contributed by atoms with E-state index in [0.717, 1.165) is 32.0 Å². The number of piperidine rings is 1. The Balaban J connectivity index is 1.78. The zero-order valence-corrected chi connectivity index (χ0v) is 13.9. The Morgan fingerprint density at radius 2 is 1.92 bits per heavy atom. The number of nitrogens with two attached hydrogens (primary N) is 1. The molecule has 25 heavy (non-hydrogen) atoms. The molecule has 2 heterocycles. The molecular formula is C17H19FN4O3. The monoisotopic (exact) mass is 346 g/mol. The fraction of sp³-hybridized carbons (Fsp3) is 0.353. The molecule has 0 saturated carbocycles. The zero-order valence-electron chi connectivity index (χ0n) is 13.9. The first-order chi connectivity index (χ1) is 12.0. The molecule has 0 unspecified atom stereocenters. The van der Waals surface area contributed by atoms with Gasteiger partial charge in [-0.1, -0.05) is 6.42 Å². The van der Waals surface area contributed by atoms with E-state index in [0.29, 0.717) is 11.4 Å². The van der Waals surface area contributed by atoms with Crippen LogP contribution in [0.4, 0.5) is 4.39 Å². The molecule has 0 bridgehead atoms. The third-order valence-electron chi connectivity index (χ3n) is 3.95. The molecule has 3 rings (SSSR count). The number of carbonyl (C=O) groups is 1. The molecule has 1 fully saturated rings. The lowest BCUT2D eigenvalue weighted by atomic mass is 10.2. The number of benzene rings is 1. The Morgan fingerprint density at radius 3 is 2.60 bits per heavy atom. The molecule has 0 spiro atoms. The average Bonchev–Trinajstić information content (AvgIpc) is 2.60. The van der Waals surface area contributed by atoms with Crippen LogP contribution in [0.1, 0.15) is 35.2 Å². The molecule has 2 aromatic rings. The number of halogens is 1. The predicted molar refractivity (Wildman–Crippen MR) is 87.8 cm³/mol. The minimum absolute atomic E-state index is 0.0595. The van der Waals surface area contributed by atoms with Gasteiger partial charge in [0, 0.05) is 18.7 Å². The molecule has 1 aromatic carbocycles. The first-order valence-electron chi connectivity index (χ1n) is 8.06. The molecule has 1 aromatic heterocycles. The topological polar surface area (TPSA) is 90.6 Å². The molecule has 1 aliphatic rings. The van der Waals surface area contributed by atoms with Crippen molar-refractivity contribution in [3.8, 4) is 17.5 Å².